The van der Waals surface area contributed by atoms with Gasteiger partial charge in [-0.15, -0.1) is 0 Å². The van der Waals surface area contributed by atoms with Crippen LogP contribution in [0, 0.1) is 0 Å². The second kappa shape index (κ2) is 5.42. The van der Waals surface area contributed by atoms with Gasteiger partial charge < -0.3 is 4.89 Å². The monoisotopic (exact) mass is 256 g/mol. The molecule has 0 aliphatic carbocycles. The molecule has 1 heterocycles. The van der Waals surface area contributed by atoms with Crippen LogP contribution in [0.15, 0.2) is 30.3 Å². The summed E-state index contributed by atoms with van der Waals surface area (Å²) in [4.78, 5) is 12.2. The summed E-state index contributed by atoms with van der Waals surface area (Å²) in [6.45, 7) is 4.12. The molecule has 1 fully saturated rings. The van der Waals surface area contributed by atoms with Gasteiger partial charge in [0.05, 0.1) is 6.61 Å². The molecular weight excluding hydrogens is 239 g/mol. The first-order chi connectivity index (χ1) is 8.09. The lowest BCUT2D eigenvalue weighted by Crippen LogP contribution is -2.29. The van der Waals surface area contributed by atoms with Crippen molar-refractivity contribution in [3.63, 3.8) is 0 Å². The van der Waals surface area contributed by atoms with Gasteiger partial charge in [-0.2, -0.15) is 13.6 Å². The molecule has 0 aromatic heterocycles. The molecule has 0 spiro atoms. The minimum atomic E-state index is -3.39. The highest BCUT2D eigenvalue weighted by Gasteiger charge is 2.41. The first kappa shape index (κ1) is 12.9. The SMILES string of the molecule is C[C@@H]1CCO[P+]([O-])(O[C@H](C)c2ccccc2)O1. The van der Waals surface area contributed by atoms with Crippen molar-refractivity contribution in [2.45, 2.75) is 32.5 Å². The Morgan fingerprint density at radius 3 is 2.76 bits per heavy atom. The summed E-state index contributed by atoms with van der Waals surface area (Å²) in [7, 11) is -3.39. The second-order valence-electron chi connectivity index (χ2n) is 4.14. The van der Waals surface area contributed by atoms with Gasteiger partial charge in [-0.1, -0.05) is 30.3 Å². The molecule has 3 atom stereocenters. The molecule has 1 aromatic rings. The number of benzene rings is 1. The molecule has 0 bridgehead atoms. The predicted octanol–water partition coefficient (Wildman–Crippen LogP) is 2.63. The Morgan fingerprint density at radius 2 is 2.12 bits per heavy atom. The zero-order valence-electron chi connectivity index (χ0n) is 10.0. The van der Waals surface area contributed by atoms with Crippen LogP contribution in [0.1, 0.15) is 31.9 Å². The van der Waals surface area contributed by atoms with Crippen LogP contribution in [0.4, 0.5) is 0 Å². The van der Waals surface area contributed by atoms with E-state index in [1.165, 1.54) is 0 Å². The van der Waals surface area contributed by atoms with Crippen LogP contribution in [0.2, 0.25) is 0 Å². The highest BCUT2D eigenvalue weighted by molar-refractivity contribution is 7.54. The van der Waals surface area contributed by atoms with Crippen LogP contribution in [0.25, 0.3) is 0 Å². The Kier molecular flexibility index (Phi) is 4.13. The molecule has 1 unspecified atom stereocenters. The largest absolute Gasteiger partial charge is 0.606 e. The lowest BCUT2D eigenvalue weighted by Gasteiger charge is -2.33. The molecule has 2 rings (SSSR count). The molecule has 0 radical (unpaired) electrons. The average Bonchev–Trinajstić information content (AvgIpc) is 2.29. The fourth-order valence-electron chi connectivity index (χ4n) is 1.67. The van der Waals surface area contributed by atoms with Crippen LogP contribution in [0.3, 0.4) is 0 Å². The van der Waals surface area contributed by atoms with E-state index in [9.17, 15) is 4.89 Å². The van der Waals surface area contributed by atoms with Crippen molar-refractivity contribution in [1.82, 2.24) is 0 Å². The van der Waals surface area contributed by atoms with Gasteiger partial charge in [-0.3, -0.25) is 0 Å². The maximum atomic E-state index is 12.2. The molecule has 94 valence electrons. The number of rotatable bonds is 3. The number of phosphoric acid groups is 1. The topological polar surface area (TPSA) is 50.8 Å². The van der Waals surface area contributed by atoms with Crippen LogP contribution >= 0.6 is 8.17 Å². The van der Waals surface area contributed by atoms with Gasteiger partial charge in [0.2, 0.25) is 0 Å². The first-order valence-electron chi connectivity index (χ1n) is 5.75. The Bertz CT molecular complexity index is 359. The molecular formula is C12H17O4P. The normalized spacial score (nSPS) is 31.1. The van der Waals surface area contributed by atoms with Crippen molar-refractivity contribution in [3.05, 3.63) is 35.9 Å². The van der Waals surface area contributed by atoms with Crippen LogP contribution < -0.4 is 4.89 Å². The smallest absolute Gasteiger partial charge is 0.380 e. The van der Waals surface area contributed by atoms with Gasteiger partial charge >= 0.3 is 8.17 Å². The predicted molar refractivity (Wildman–Crippen MR) is 64.0 cm³/mol. The van der Waals surface area contributed by atoms with Gasteiger partial charge in [0.1, 0.15) is 12.2 Å². The van der Waals surface area contributed by atoms with Crippen molar-refractivity contribution in [3.8, 4) is 0 Å². The minimum Gasteiger partial charge on any atom is -0.606 e. The maximum absolute atomic E-state index is 12.2. The molecule has 1 aliphatic rings. The highest BCUT2D eigenvalue weighted by Crippen LogP contribution is 2.59. The summed E-state index contributed by atoms with van der Waals surface area (Å²) in [5.74, 6) is 0. The second-order valence-corrected chi connectivity index (χ2v) is 5.72. The average molecular weight is 256 g/mol. The molecule has 17 heavy (non-hydrogen) atoms. The Morgan fingerprint density at radius 1 is 1.41 bits per heavy atom. The summed E-state index contributed by atoms with van der Waals surface area (Å²) in [5.41, 5.74) is 0.952. The van der Waals surface area contributed by atoms with E-state index in [1.807, 2.05) is 44.2 Å². The zero-order valence-corrected chi connectivity index (χ0v) is 10.9. The fraction of sp³-hybridized carbons (Fsp3) is 0.500. The molecule has 1 aromatic carbocycles. The summed E-state index contributed by atoms with van der Waals surface area (Å²) in [5, 5.41) is 0. The van der Waals surface area contributed by atoms with Gasteiger partial charge in [0, 0.05) is 6.42 Å². The van der Waals surface area contributed by atoms with Crippen LogP contribution in [-0.4, -0.2) is 12.7 Å². The summed E-state index contributed by atoms with van der Waals surface area (Å²) in [6.07, 6.45) is 0.345. The van der Waals surface area contributed by atoms with Crippen molar-refractivity contribution in [2.75, 3.05) is 6.61 Å². The molecule has 0 saturated carbocycles. The van der Waals surface area contributed by atoms with E-state index in [-0.39, 0.29) is 12.2 Å². The molecule has 1 saturated heterocycles. The first-order valence-corrected chi connectivity index (χ1v) is 7.21. The standard InChI is InChI=1S/C12H17O4P/c1-10-8-9-14-17(13,15-10)16-11(2)12-6-4-3-5-7-12/h3-7,10-11H,8-9H2,1-2H3/t10-,11-,17?/m1/s1. The number of hydrogen-bond donors (Lipinski definition) is 0. The number of hydrogen-bond acceptors (Lipinski definition) is 4. The fourth-order valence-corrected chi connectivity index (χ4v) is 3.22. The third kappa shape index (κ3) is 3.47. The van der Waals surface area contributed by atoms with Gasteiger partial charge in [0.25, 0.3) is 0 Å². The van der Waals surface area contributed by atoms with Gasteiger partial charge in [-0.25, -0.2) is 0 Å². The van der Waals surface area contributed by atoms with E-state index >= 15 is 0 Å². The van der Waals surface area contributed by atoms with Crippen molar-refractivity contribution < 1.29 is 18.5 Å². The lowest BCUT2D eigenvalue weighted by molar-refractivity contribution is -0.264. The zero-order chi connectivity index (χ0) is 12.3. The quantitative estimate of drug-likeness (QED) is 0.780. The summed E-state index contributed by atoms with van der Waals surface area (Å²) >= 11 is 0. The highest BCUT2D eigenvalue weighted by atomic mass is 31.2. The van der Waals surface area contributed by atoms with E-state index in [4.69, 9.17) is 13.6 Å². The number of phosphoric ester groups is 1. The lowest BCUT2D eigenvalue weighted by atomic mass is 10.1. The molecule has 0 N–H and O–H groups in total. The molecule has 4 nitrogen and oxygen atoms in total. The molecule has 0 amide bonds. The third-order valence-electron chi connectivity index (χ3n) is 2.64. The summed E-state index contributed by atoms with van der Waals surface area (Å²) < 4.78 is 15.9. The van der Waals surface area contributed by atoms with Crippen molar-refractivity contribution in [1.29, 1.82) is 0 Å². The Labute approximate surface area is 102 Å². The van der Waals surface area contributed by atoms with E-state index in [0.29, 0.717) is 6.61 Å². The van der Waals surface area contributed by atoms with Crippen molar-refractivity contribution >= 4 is 8.17 Å². The van der Waals surface area contributed by atoms with Crippen LogP contribution in [0.5, 0.6) is 0 Å². The van der Waals surface area contributed by atoms with Crippen LogP contribution in [-0.2, 0) is 13.6 Å². The maximum Gasteiger partial charge on any atom is 0.380 e. The minimum absolute atomic E-state index is 0.0856. The Balaban J connectivity index is 2.00. The van der Waals surface area contributed by atoms with E-state index < -0.39 is 8.17 Å². The van der Waals surface area contributed by atoms with E-state index in [0.717, 1.165) is 12.0 Å². The third-order valence-corrected chi connectivity index (χ3v) is 4.33. The molecule has 5 heteroatoms. The van der Waals surface area contributed by atoms with Crippen molar-refractivity contribution in [2.24, 2.45) is 0 Å². The summed E-state index contributed by atoms with van der Waals surface area (Å²) in [6, 6.07) is 9.59. The Hall–Kier alpha value is -0.510. The van der Waals surface area contributed by atoms with Gasteiger partial charge in [-0.05, 0) is 19.4 Å². The van der Waals surface area contributed by atoms with E-state index in [1.54, 1.807) is 0 Å². The molecule has 1 aliphatic heterocycles. The van der Waals surface area contributed by atoms with E-state index in [2.05, 4.69) is 0 Å². The van der Waals surface area contributed by atoms with Gasteiger partial charge in [0.15, 0.2) is 0 Å².